The summed E-state index contributed by atoms with van der Waals surface area (Å²) < 4.78 is 0. The van der Waals surface area contributed by atoms with Crippen molar-refractivity contribution in [2.75, 3.05) is 11.4 Å². The third-order valence-electron chi connectivity index (χ3n) is 4.26. The van der Waals surface area contributed by atoms with Crippen LogP contribution in [0.2, 0.25) is 0 Å². The third-order valence-corrected chi connectivity index (χ3v) is 4.26. The zero-order chi connectivity index (χ0) is 11.7. The summed E-state index contributed by atoms with van der Waals surface area (Å²) in [6, 6.07) is 9.08. The van der Waals surface area contributed by atoms with Gasteiger partial charge in [0, 0.05) is 23.8 Å². The average Bonchev–Trinajstić information content (AvgIpc) is 2.41. The van der Waals surface area contributed by atoms with E-state index in [2.05, 4.69) is 23.1 Å². The van der Waals surface area contributed by atoms with Crippen molar-refractivity contribution in [2.24, 2.45) is 0 Å². The van der Waals surface area contributed by atoms with Crippen molar-refractivity contribution < 1.29 is 5.11 Å². The van der Waals surface area contributed by atoms with Gasteiger partial charge in [-0.15, -0.1) is 0 Å². The first-order valence-corrected chi connectivity index (χ1v) is 6.90. The van der Waals surface area contributed by atoms with Gasteiger partial charge in [0.2, 0.25) is 0 Å². The molecule has 92 valence electrons. The van der Waals surface area contributed by atoms with Crippen LogP contribution in [0.25, 0.3) is 0 Å². The van der Waals surface area contributed by atoms with Crippen LogP contribution >= 0.6 is 0 Å². The Labute approximate surface area is 103 Å². The van der Waals surface area contributed by atoms with Crippen LogP contribution < -0.4 is 4.90 Å². The number of para-hydroxylation sites is 1. The standard InChI is InChI=1S/C15H21NO/c17-15-10-11-16(12-6-2-1-3-7-12)14-9-5-4-8-13(14)15/h4-5,8-9,12,15,17H,1-3,6-7,10-11H2. The minimum atomic E-state index is -0.258. The van der Waals surface area contributed by atoms with E-state index in [0.29, 0.717) is 6.04 Å². The van der Waals surface area contributed by atoms with Crippen molar-refractivity contribution in [2.45, 2.75) is 50.7 Å². The fourth-order valence-corrected chi connectivity index (χ4v) is 3.34. The number of rotatable bonds is 1. The van der Waals surface area contributed by atoms with Gasteiger partial charge in [-0.3, -0.25) is 0 Å². The molecule has 0 amide bonds. The maximum atomic E-state index is 10.1. The summed E-state index contributed by atoms with van der Waals surface area (Å²) in [5.74, 6) is 0. The van der Waals surface area contributed by atoms with Crippen LogP contribution in [0, 0.1) is 0 Å². The molecule has 0 aromatic heterocycles. The Kier molecular flexibility index (Phi) is 3.06. The monoisotopic (exact) mass is 231 g/mol. The van der Waals surface area contributed by atoms with Crippen LogP contribution in [-0.4, -0.2) is 17.7 Å². The highest BCUT2D eigenvalue weighted by molar-refractivity contribution is 5.57. The first-order valence-electron chi connectivity index (χ1n) is 6.90. The van der Waals surface area contributed by atoms with Gasteiger partial charge in [0.15, 0.2) is 0 Å². The molecule has 2 heteroatoms. The topological polar surface area (TPSA) is 23.5 Å². The molecule has 0 spiro atoms. The van der Waals surface area contributed by atoms with Crippen molar-refractivity contribution >= 4 is 5.69 Å². The highest BCUT2D eigenvalue weighted by atomic mass is 16.3. The number of fused-ring (bicyclic) bond motifs is 1. The summed E-state index contributed by atoms with van der Waals surface area (Å²) in [6.07, 6.45) is 7.40. The lowest BCUT2D eigenvalue weighted by Gasteiger charge is -2.41. The summed E-state index contributed by atoms with van der Waals surface area (Å²) in [4.78, 5) is 2.54. The van der Waals surface area contributed by atoms with Gasteiger partial charge in [-0.25, -0.2) is 0 Å². The summed E-state index contributed by atoms with van der Waals surface area (Å²) in [6.45, 7) is 1.02. The van der Waals surface area contributed by atoms with Crippen LogP contribution in [-0.2, 0) is 0 Å². The number of aliphatic hydroxyl groups is 1. The van der Waals surface area contributed by atoms with E-state index in [9.17, 15) is 5.11 Å². The Morgan fingerprint density at radius 3 is 2.59 bits per heavy atom. The second-order valence-corrected chi connectivity index (χ2v) is 5.35. The predicted molar refractivity (Wildman–Crippen MR) is 70.2 cm³/mol. The molecular weight excluding hydrogens is 210 g/mol. The van der Waals surface area contributed by atoms with Gasteiger partial charge in [-0.05, 0) is 25.3 Å². The lowest BCUT2D eigenvalue weighted by atomic mass is 9.90. The quantitative estimate of drug-likeness (QED) is 0.802. The largest absolute Gasteiger partial charge is 0.388 e. The molecule has 1 heterocycles. The SMILES string of the molecule is OC1CCN(C2CCCCC2)c2ccccc21. The summed E-state index contributed by atoms with van der Waals surface area (Å²) in [5, 5.41) is 10.1. The second kappa shape index (κ2) is 4.69. The summed E-state index contributed by atoms with van der Waals surface area (Å²) in [5.41, 5.74) is 2.41. The van der Waals surface area contributed by atoms with Gasteiger partial charge in [-0.2, -0.15) is 0 Å². The van der Waals surface area contributed by atoms with Gasteiger partial charge in [0.05, 0.1) is 6.10 Å². The summed E-state index contributed by atoms with van der Waals surface area (Å²) in [7, 11) is 0. The van der Waals surface area contributed by atoms with Gasteiger partial charge in [-0.1, -0.05) is 37.5 Å². The fraction of sp³-hybridized carbons (Fsp3) is 0.600. The van der Waals surface area contributed by atoms with Crippen molar-refractivity contribution in [3.8, 4) is 0 Å². The number of hydrogen-bond acceptors (Lipinski definition) is 2. The molecule has 0 bridgehead atoms. The molecule has 1 aromatic rings. The highest BCUT2D eigenvalue weighted by Crippen LogP contribution is 2.37. The Morgan fingerprint density at radius 2 is 1.76 bits per heavy atom. The van der Waals surface area contributed by atoms with Crippen LogP contribution in [0.1, 0.15) is 50.2 Å². The smallest absolute Gasteiger partial charge is 0.0826 e. The zero-order valence-corrected chi connectivity index (χ0v) is 10.3. The molecule has 1 aliphatic carbocycles. The third kappa shape index (κ3) is 2.06. The van der Waals surface area contributed by atoms with E-state index in [-0.39, 0.29) is 6.10 Å². The van der Waals surface area contributed by atoms with Crippen molar-refractivity contribution in [3.05, 3.63) is 29.8 Å². The molecule has 2 nitrogen and oxygen atoms in total. The molecule has 0 saturated heterocycles. The molecule has 1 N–H and O–H groups in total. The molecule has 1 saturated carbocycles. The van der Waals surface area contributed by atoms with Crippen molar-refractivity contribution in [3.63, 3.8) is 0 Å². The number of anilines is 1. The Bertz CT molecular complexity index is 384. The maximum absolute atomic E-state index is 10.1. The molecule has 1 atom stereocenters. The molecular formula is C15H21NO. The van der Waals surface area contributed by atoms with Crippen LogP contribution in [0.15, 0.2) is 24.3 Å². The number of nitrogens with zero attached hydrogens (tertiary/aromatic N) is 1. The van der Waals surface area contributed by atoms with E-state index in [1.54, 1.807) is 0 Å². The molecule has 1 unspecified atom stereocenters. The first-order chi connectivity index (χ1) is 8.36. The fourth-order valence-electron chi connectivity index (χ4n) is 3.34. The molecule has 3 rings (SSSR count). The van der Waals surface area contributed by atoms with Gasteiger partial charge >= 0.3 is 0 Å². The van der Waals surface area contributed by atoms with Crippen LogP contribution in [0.5, 0.6) is 0 Å². The minimum absolute atomic E-state index is 0.258. The van der Waals surface area contributed by atoms with E-state index in [1.165, 1.54) is 37.8 Å². The molecule has 1 fully saturated rings. The maximum Gasteiger partial charge on any atom is 0.0826 e. The minimum Gasteiger partial charge on any atom is -0.388 e. The van der Waals surface area contributed by atoms with Gasteiger partial charge in [0.25, 0.3) is 0 Å². The Morgan fingerprint density at radius 1 is 1.00 bits per heavy atom. The lowest BCUT2D eigenvalue weighted by molar-refractivity contribution is 0.161. The van der Waals surface area contributed by atoms with Crippen molar-refractivity contribution in [1.82, 2.24) is 0 Å². The van der Waals surface area contributed by atoms with E-state index in [0.717, 1.165) is 18.5 Å². The number of aliphatic hydroxyl groups excluding tert-OH is 1. The molecule has 17 heavy (non-hydrogen) atoms. The van der Waals surface area contributed by atoms with Crippen molar-refractivity contribution in [1.29, 1.82) is 0 Å². The molecule has 0 radical (unpaired) electrons. The number of hydrogen-bond donors (Lipinski definition) is 1. The van der Waals surface area contributed by atoms with E-state index >= 15 is 0 Å². The Balaban J connectivity index is 1.89. The van der Waals surface area contributed by atoms with Gasteiger partial charge < -0.3 is 10.0 Å². The van der Waals surface area contributed by atoms with E-state index in [4.69, 9.17) is 0 Å². The average molecular weight is 231 g/mol. The lowest BCUT2D eigenvalue weighted by Crippen LogP contribution is -2.41. The zero-order valence-electron chi connectivity index (χ0n) is 10.3. The van der Waals surface area contributed by atoms with E-state index < -0.39 is 0 Å². The highest BCUT2D eigenvalue weighted by Gasteiger charge is 2.28. The molecule has 1 aliphatic heterocycles. The molecule has 1 aromatic carbocycles. The normalized spacial score (nSPS) is 25.7. The van der Waals surface area contributed by atoms with Gasteiger partial charge in [0.1, 0.15) is 0 Å². The van der Waals surface area contributed by atoms with Crippen LogP contribution in [0.4, 0.5) is 5.69 Å². The first kappa shape index (κ1) is 11.1. The van der Waals surface area contributed by atoms with E-state index in [1.807, 2.05) is 6.07 Å². The summed E-state index contributed by atoms with van der Waals surface area (Å²) >= 11 is 0. The molecule has 2 aliphatic rings. The predicted octanol–water partition coefficient (Wildman–Crippen LogP) is 3.26. The Hall–Kier alpha value is -1.02. The second-order valence-electron chi connectivity index (χ2n) is 5.35. The van der Waals surface area contributed by atoms with Crippen LogP contribution in [0.3, 0.4) is 0 Å². The number of benzene rings is 1.